The number of thiophene rings is 1. The van der Waals surface area contributed by atoms with Gasteiger partial charge in [-0.1, -0.05) is 0 Å². The van der Waals surface area contributed by atoms with Crippen molar-refractivity contribution in [3.8, 4) is 0 Å². The van der Waals surface area contributed by atoms with Crippen molar-refractivity contribution < 1.29 is 14.0 Å². The molecule has 24 heavy (non-hydrogen) atoms. The Hall–Kier alpha value is -3.00. The predicted molar refractivity (Wildman–Crippen MR) is 89.0 cm³/mol. The average molecular weight is 342 g/mol. The van der Waals surface area contributed by atoms with Gasteiger partial charge >= 0.3 is 6.01 Å². The van der Waals surface area contributed by atoms with E-state index < -0.39 is 0 Å². The van der Waals surface area contributed by atoms with E-state index in [1.807, 2.05) is 12.1 Å². The van der Waals surface area contributed by atoms with Gasteiger partial charge in [-0.15, -0.1) is 0 Å². The fourth-order valence-corrected chi connectivity index (χ4v) is 2.59. The van der Waals surface area contributed by atoms with Crippen LogP contribution in [0.4, 0.5) is 6.01 Å². The second kappa shape index (κ2) is 7.51. The lowest BCUT2D eigenvalue weighted by Crippen LogP contribution is -2.26. The standard InChI is InChI=1S/C16H14N4O3S/c21-14(12-4-8-24-10-12)20-16-19-13(9-23-16)15(22)18-7-3-11-1-5-17-6-2-11/h1-2,4-6,8-10H,3,7H2,(H,18,22)(H,19,20,21). The van der Waals surface area contributed by atoms with Gasteiger partial charge in [-0.3, -0.25) is 19.9 Å². The average Bonchev–Trinajstić information content (AvgIpc) is 3.27. The van der Waals surface area contributed by atoms with Crippen LogP contribution in [0.2, 0.25) is 0 Å². The summed E-state index contributed by atoms with van der Waals surface area (Å²) in [6.45, 7) is 0.465. The Labute approximate surface area is 141 Å². The highest BCUT2D eigenvalue weighted by Gasteiger charge is 2.14. The zero-order valence-electron chi connectivity index (χ0n) is 12.6. The van der Waals surface area contributed by atoms with Crippen LogP contribution >= 0.6 is 11.3 Å². The Balaban J connectivity index is 1.51. The van der Waals surface area contributed by atoms with Gasteiger partial charge < -0.3 is 9.73 Å². The number of carbonyl (C=O) groups excluding carboxylic acids is 2. The molecular formula is C16H14N4O3S. The smallest absolute Gasteiger partial charge is 0.302 e. The minimum Gasteiger partial charge on any atom is -0.431 e. The number of aromatic nitrogens is 2. The van der Waals surface area contributed by atoms with Crippen LogP contribution in [0.15, 0.2) is 52.0 Å². The molecule has 0 saturated heterocycles. The highest BCUT2D eigenvalue weighted by atomic mass is 32.1. The van der Waals surface area contributed by atoms with E-state index in [1.54, 1.807) is 29.2 Å². The second-order valence-electron chi connectivity index (χ2n) is 4.87. The molecule has 8 heteroatoms. The summed E-state index contributed by atoms with van der Waals surface area (Å²) in [5.41, 5.74) is 1.71. The fourth-order valence-electron chi connectivity index (χ4n) is 1.96. The van der Waals surface area contributed by atoms with Gasteiger partial charge in [-0.25, -0.2) is 0 Å². The molecule has 0 bridgehead atoms. The maximum absolute atomic E-state index is 12.0. The number of nitrogens with zero attached hydrogens (tertiary/aromatic N) is 2. The lowest BCUT2D eigenvalue weighted by Gasteiger charge is -2.02. The zero-order chi connectivity index (χ0) is 16.8. The number of hydrogen-bond donors (Lipinski definition) is 2. The van der Waals surface area contributed by atoms with Crippen molar-refractivity contribution in [2.75, 3.05) is 11.9 Å². The summed E-state index contributed by atoms with van der Waals surface area (Å²) in [6, 6.07) is 5.46. The van der Waals surface area contributed by atoms with Crippen LogP contribution < -0.4 is 10.6 Å². The van der Waals surface area contributed by atoms with Crippen LogP contribution in [0.25, 0.3) is 0 Å². The Morgan fingerprint density at radius 2 is 2.00 bits per heavy atom. The van der Waals surface area contributed by atoms with Crippen molar-refractivity contribution in [1.29, 1.82) is 0 Å². The number of anilines is 1. The largest absolute Gasteiger partial charge is 0.431 e. The molecule has 7 nitrogen and oxygen atoms in total. The number of hydrogen-bond acceptors (Lipinski definition) is 6. The van der Waals surface area contributed by atoms with E-state index >= 15 is 0 Å². The Kier molecular flexibility index (Phi) is 4.97. The Morgan fingerprint density at radius 1 is 1.17 bits per heavy atom. The van der Waals surface area contributed by atoms with Crippen LogP contribution in [0.3, 0.4) is 0 Å². The first-order valence-electron chi connectivity index (χ1n) is 7.18. The first-order valence-corrected chi connectivity index (χ1v) is 8.13. The number of amides is 2. The highest BCUT2D eigenvalue weighted by molar-refractivity contribution is 7.08. The van der Waals surface area contributed by atoms with Crippen molar-refractivity contribution >= 4 is 29.2 Å². The molecule has 0 aromatic carbocycles. The van der Waals surface area contributed by atoms with Gasteiger partial charge in [0.1, 0.15) is 6.26 Å². The molecule has 2 amide bonds. The van der Waals surface area contributed by atoms with Crippen molar-refractivity contribution in [2.45, 2.75) is 6.42 Å². The van der Waals surface area contributed by atoms with Gasteiger partial charge in [0.05, 0.1) is 5.56 Å². The Morgan fingerprint density at radius 3 is 2.75 bits per heavy atom. The summed E-state index contributed by atoms with van der Waals surface area (Å²) >= 11 is 1.42. The molecular weight excluding hydrogens is 328 g/mol. The van der Waals surface area contributed by atoms with Crippen LogP contribution in [0, 0.1) is 0 Å². The molecule has 0 aliphatic rings. The van der Waals surface area contributed by atoms with E-state index in [9.17, 15) is 9.59 Å². The van der Waals surface area contributed by atoms with Gasteiger partial charge in [-0.05, 0) is 35.6 Å². The zero-order valence-corrected chi connectivity index (χ0v) is 13.4. The molecule has 0 aliphatic carbocycles. The molecule has 0 radical (unpaired) electrons. The SMILES string of the molecule is O=C(Nc1nc(C(=O)NCCc2ccncc2)co1)c1ccsc1. The Bertz CT molecular complexity index is 815. The summed E-state index contributed by atoms with van der Waals surface area (Å²) in [5, 5.41) is 8.76. The number of nitrogens with one attached hydrogen (secondary N) is 2. The number of carbonyl (C=O) groups is 2. The first kappa shape index (κ1) is 15.9. The highest BCUT2D eigenvalue weighted by Crippen LogP contribution is 2.11. The van der Waals surface area contributed by atoms with E-state index in [2.05, 4.69) is 20.6 Å². The summed E-state index contributed by atoms with van der Waals surface area (Å²) < 4.78 is 5.11. The normalized spacial score (nSPS) is 10.3. The minimum atomic E-state index is -0.358. The summed E-state index contributed by atoms with van der Waals surface area (Å²) in [6.07, 6.45) is 5.31. The van der Waals surface area contributed by atoms with Crippen LogP contribution in [0.1, 0.15) is 26.4 Å². The summed E-state index contributed by atoms with van der Waals surface area (Å²) in [4.78, 5) is 31.8. The molecule has 0 spiro atoms. The molecule has 0 aliphatic heterocycles. The summed E-state index contributed by atoms with van der Waals surface area (Å²) in [5.74, 6) is -0.688. The van der Waals surface area contributed by atoms with Crippen LogP contribution in [-0.2, 0) is 6.42 Å². The van der Waals surface area contributed by atoms with Gasteiger partial charge in [0, 0.05) is 24.3 Å². The minimum absolute atomic E-state index is 0.00881. The molecule has 0 saturated carbocycles. The fraction of sp³-hybridized carbons (Fsp3) is 0.125. The van der Waals surface area contributed by atoms with E-state index in [0.717, 1.165) is 5.56 Å². The van der Waals surface area contributed by atoms with Gasteiger partial charge in [0.15, 0.2) is 5.69 Å². The topological polar surface area (TPSA) is 97.1 Å². The number of oxazole rings is 1. The van der Waals surface area contributed by atoms with Crippen LogP contribution in [0.5, 0.6) is 0 Å². The predicted octanol–water partition coefficient (Wildman–Crippen LogP) is 2.36. The van der Waals surface area contributed by atoms with Crippen LogP contribution in [-0.4, -0.2) is 28.3 Å². The molecule has 3 rings (SSSR count). The van der Waals surface area contributed by atoms with Crippen molar-refractivity contribution in [2.24, 2.45) is 0 Å². The third-order valence-corrected chi connectivity index (χ3v) is 3.87. The van der Waals surface area contributed by atoms with E-state index in [-0.39, 0.29) is 23.5 Å². The monoisotopic (exact) mass is 342 g/mol. The summed E-state index contributed by atoms with van der Waals surface area (Å²) in [7, 11) is 0. The molecule has 0 fully saturated rings. The molecule has 2 N–H and O–H groups in total. The van der Waals surface area contributed by atoms with Crippen molar-refractivity contribution in [3.05, 3.63) is 64.4 Å². The number of pyridine rings is 1. The van der Waals surface area contributed by atoms with E-state index in [0.29, 0.717) is 18.5 Å². The molecule has 3 aromatic rings. The maximum atomic E-state index is 12.0. The van der Waals surface area contributed by atoms with Crippen molar-refractivity contribution in [3.63, 3.8) is 0 Å². The third kappa shape index (κ3) is 4.05. The molecule has 3 heterocycles. The van der Waals surface area contributed by atoms with E-state index in [1.165, 1.54) is 17.6 Å². The molecule has 3 aromatic heterocycles. The lowest BCUT2D eigenvalue weighted by atomic mass is 10.2. The molecule has 0 atom stereocenters. The molecule has 122 valence electrons. The second-order valence-corrected chi connectivity index (χ2v) is 5.65. The number of rotatable bonds is 6. The van der Waals surface area contributed by atoms with Gasteiger partial charge in [0.2, 0.25) is 0 Å². The van der Waals surface area contributed by atoms with Gasteiger partial charge in [-0.2, -0.15) is 16.3 Å². The van der Waals surface area contributed by atoms with Crippen molar-refractivity contribution in [1.82, 2.24) is 15.3 Å². The lowest BCUT2D eigenvalue weighted by molar-refractivity contribution is 0.0948. The quantitative estimate of drug-likeness (QED) is 0.717. The molecule has 0 unspecified atom stereocenters. The third-order valence-electron chi connectivity index (χ3n) is 3.19. The van der Waals surface area contributed by atoms with Gasteiger partial charge in [0.25, 0.3) is 11.8 Å². The van der Waals surface area contributed by atoms with E-state index in [4.69, 9.17) is 4.42 Å². The maximum Gasteiger partial charge on any atom is 0.302 e. The first-order chi connectivity index (χ1) is 11.7.